The summed E-state index contributed by atoms with van der Waals surface area (Å²) in [6, 6.07) is 0. The molecule has 0 aromatic heterocycles. The van der Waals surface area contributed by atoms with Crippen molar-refractivity contribution < 1.29 is 31.1 Å². The fraction of sp³-hybridized carbons (Fsp3) is 0.800. The summed E-state index contributed by atoms with van der Waals surface area (Å²) in [5, 5.41) is 0. The zero-order valence-corrected chi connectivity index (χ0v) is 11.8. The number of amides is 2. The van der Waals surface area contributed by atoms with E-state index in [0.29, 0.717) is 6.54 Å². The second-order valence-corrected chi connectivity index (χ2v) is 4.56. The van der Waals surface area contributed by atoms with Crippen LogP contribution in [0.15, 0.2) is 0 Å². The molecule has 0 aromatic rings. The SMILES string of the molecule is CC(=O)N(CCC[N+](C)(C)C)C(C)=O.[Br-]. The Morgan fingerprint density at radius 1 is 1.07 bits per heavy atom. The van der Waals surface area contributed by atoms with E-state index >= 15 is 0 Å². The molecule has 4 nitrogen and oxygen atoms in total. The summed E-state index contributed by atoms with van der Waals surface area (Å²) in [6.07, 6.45) is 0.850. The molecule has 0 aromatic carbocycles. The summed E-state index contributed by atoms with van der Waals surface area (Å²) in [5.41, 5.74) is 0. The van der Waals surface area contributed by atoms with Crippen LogP contribution in [0.1, 0.15) is 20.3 Å². The number of hydrogen-bond acceptors (Lipinski definition) is 2. The molecule has 0 aliphatic heterocycles. The number of imide groups is 1. The number of carbonyl (C=O) groups excluding carboxylic acids is 2. The summed E-state index contributed by atoms with van der Waals surface area (Å²) in [5.74, 6) is -0.335. The van der Waals surface area contributed by atoms with Crippen molar-refractivity contribution in [2.75, 3.05) is 34.2 Å². The smallest absolute Gasteiger partial charge is 0.226 e. The summed E-state index contributed by atoms with van der Waals surface area (Å²) < 4.78 is 0.851. The highest BCUT2D eigenvalue weighted by Crippen LogP contribution is 1.98. The third-order valence-electron chi connectivity index (χ3n) is 1.97. The largest absolute Gasteiger partial charge is 1.00 e. The first kappa shape index (κ1) is 17.0. The number of rotatable bonds is 4. The number of quaternary nitrogens is 1. The van der Waals surface area contributed by atoms with Gasteiger partial charge < -0.3 is 21.5 Å². The fourth-order valence-corrected chi connectivity index (χ4v) is 1.24. The Balaban J connectivity index is 0. The fourth-order valence-electron chi connectivity index (χ4n) is 1.24. The van der Waals surface area contributed by atoms with E-state index in [1.54, 1.807) is 0 Å². The number of hydrogen-bond donors (Lipinski definition) is 0. The van der Waals surface area contributed by atoms with Crippen LogP contribution in [0.3, 0.4) is 0 Å². The van der Waals surface area contributed by atoms with Gasteiger partial charge in [-0.15, -0.1) is 0 Å². The van der Waals surface area contributed by atoms with Crippen LogP contribution in [0.25, 0.3) is 0 Å². The normalized spacial score (nSPS) is 10.5. The zero-order valence-electron chi connectivity index (χ0n) is 10.2. The van der Waals surface area contributed by atoms with E-state index in [2.05, 4.69) is 21.1 Å². The molecule has 0 saturated heterocycles. The van der Waals surface area contributed by atoms with E-state index < -0.39 is 0 Å². The van der Waals surface area contributed by atoms with Crippen molar-refractivity contribution in [3.05, 3.63) is 0 Å². The van der Waals surface area contributed by atoms with Gasteiger partial charge in [-0.05, 0) is 0 Å². The topological polar surface area (TPSA) is 37.4 Å². The minimum Gasteiger partial charge on any atom is -1.00 e. The van der Waals surface area contributed by atoms with Gasteiger partial charge >= 0.3 is 0 Å². The molecule has 0 saturated carbocycles. The minimum atomic E-state index is -0.168. The lowest BCUT2D eigenvalue weighted by Gasteiger charge is -2.25. The van der Waals surface area contributed by atoms with Crippen molar-refractivity contribution in [3.8, 4) is 0 Å². The van der Waals surface area contributed by atoms with Crippen molar-refractivity contribution in [2.45, 2.75) is 20.3 Å². The van der Waals surface area contributed by atoms with Crippen molar-refractivity contribution in [2.24, 2.45) is 0 Å². The third-order valence-corrected chi connectivity index (χ3v) is 1.97. The summed E-state index contributed by atoms with van der Waals surface area (Å²) >= 11 is 0. The molecule has 0 rings (SSSR count). The molecule has 0 heterocycles. The Morgan fingerprint density at radius 2 is 1.47 bits per heavy atom. The number of halogens is 1. The van der Waals surface area contributed by atoms with Gasteiger partial charge in [0.2, 0.25) is 11.8 Å². The molecule has 0 spiro atoms. The first-order chi connectivity index (χ1) is 6.24. The van der Waals surface area contributed by atoms with E-state index in [-0.39, 0.29) is 28.8 Å². The molecular formula is C10H21BrN2O2. The molecule has 15 heavy (non-hydrogen) atoms. The second-order valence-electron chi connectivity index (χ2n) is 4.56. The monoisotopic (exact) mass is 280 g/mol. The van der Waals surface area contributed by atoms with Crippen molar-refractivity contribution in [1.29, 1.82) is 0 Å². The minimum absolute atomic E-state index is 0. The maximum atomic E-state index is 11.0. The van der Waals surface area contributed by atoms with Crippen LogP contribution in [0.4, 0.5) is 0 Å². The standard InChI is InChI=1S/C10H21N2O2.BrH/c1-9(13)11(10(2)14)7-6-8-12(3,4)5;/h6-8H2,1-5H3;1H/q+1;/p-1. The molecule has 2 amide bonds. The van der Waals surface area contributed by atoms with E-state index in [1.807, 2.05) is 0 Å². The van der Waals surface area contributed by atoms with Crippen molar-refractivity contribution in [3.63, 3.8) is 0 Å². The summed E-state index contributed by atoms with van der Waals surface area (Å²) in [6.45, 7) is 4.33. The van der Waals surface area contributed by atoms with Crippen LogP contribution in [0.5, 0.6) is 0 Å². The van der Waals surface area contributed by atoms with E-state index in [4.69, 9.17) is 0 Å². The predicted molar refractivity (Wildman–Crippen MR) is 55.6 cm³/mol. The molecule has 0 fully saturated rings. The van der Waals surface area contributed by atoms with Gasteiger partial charge in [-0.25, -0.2) is 0 Å². The summed E-state index contributed by atoms with van der Waals surface area (Å²) in [4.78, 5) is 23.4. The van der Waals surface area contributed by atoms with Crippen molar-refractivity contribution >= 4 is 11.8 Å². The lowest BCUT2D eigenvalue weighted by molar-refractivity contribution is -0.870. The lowest BCUT2D eigenvalue weighted by Crippen LogP contribution is -3.00. The predicted octanol–water partition coefficient (Wildman–Crippen LogP) is -2.52. The first-order valence-electron chi connectivity index (χ1n) is 4.83. The third kappa shape index (κ3) is 8.57. The average molecular weight is 281 g/mol. The molecule has 0 atom stereocenters. The Kier molecular flexibility index (Phi) is 7.88. The van der Waals surface area contributed by atoms with Gasteiger partial charge in [0.1, 0.15) is 0 Å². The Bertz CT molecular complexity index is 210. The Morgan fingerprint density at radius 3 is 1.73 bits per heavy atom. The van der Waals surface area contributed by atoms with E-state index in [0.717, 1.165) is 17.4 Å². The van der Waals surface area contributed by atoms with Crippen LogP contribution in [0, 0.1) is 0 Å². The number of nitrogens with zero attached hydrogens (tertiary/aromatic N) is 2. The van der Waals surface area contributed by atoms with Crippen LogP contribution >= 0.6 is 0 Å². The van der Waals surface area contributed by atoms with Gasteiger partial charge in [0.15, 0.2) is 0 Å². The molecule has 5 heteroatoms. The zero-order chi connectivity index (χ0) is 11.4. The molecule has 0 unspecified atom stereocenters. The first-order valence-corrected chi connectivity index (χ1v) is 4.83. The van der Waals surface area contributed by atoms with Crippen LogP contribution in [0.2, 0.25) is 0 Å². The maximum Gasteiger partial charge on any atom is 0.226 e. The highest BCUT2D eigenvalue weighted by Gasteiger charge is 2.14. The quantitative estimate of drug-likeness (QED) is 0.534. The summed E-state index contributed by atoms with van der Waals surface area (Å²) in [7, 11) is 6.27. The lowest BCUT2D eigenvalue weighted by atomic mass is 10.3. The van der Waals surface area contributed by atoms with Crippen LogP contribution in [-0.4, -0.2) is 55.4 Å². The molecule has 90 valence electrons. The van der Waals surface area contributed by atoms with Gasteiger partial charge in [0.05, 0.1) is 27.7 Å². The molecule has 0 bridgehead atoms. The van der Waals surface area contributed by atoms with Gasteiger partial charge in [-0.3, -0.25) is 14.5 Å². The van der Waals surface area contributed by atoms with Gasteiger partial charge in [0.25, 0.3) is 0 Å². The van der Waals surface area contributed by atoms with Gasteiger partial charge in [-0.1, -0.05) is 0 Å². The Hall–Kier alpha value is -0.420. The highest BCUT2D eigenvalue weighted by atomic mass is 79.9. The van der Waals surface area contributed by atoms with Crippen molar-refractivity contribution in [1.82, 2.24) is 4.90 Å². The molecule has 0 radical (unpaired) electrons. The van der Waals surface area contributed by atoms with E-state index in [9.17, 15) is 9.59 Å². The van der Waals surface area contributed by atoms with Crippen LogP contribution in [-0.2, 0) is 9.59 Å². The average Bonchev–Trinajstić information content (AvgIpc) is 1.94. The molecule has 0 aliphatic rings. The maximum absolute atomic E-state index is 11.0. The van der Waals surface area contributed by atoms with Gasteiger partial charge in [0, 0.05) is 26.8 Å². The van der Waals surface area contributed by atoms with E-state index in [1.165, 1.54) is 18.7 Å². The Labute approximate surface area is 103 Å². The second kappa shape index (κ2) is 6.95. The van der Waals surface area contributed by atoms with Crippen LogP contribution < -0.4 is 17.0 Å². The highest BCUT2D eigenvalue weighted by molar-refractivity contribution is 5.92. The number of carbonyl (C=O) groups is 2. The molecular weight excluding hydrogens is 260 g/mol. The molecule has 0 N–H and O–H groups in total. The molecule has 0 aliphatic carbocycles. The van der Waals surface area contributed by atoms with Gasteiger partial charge in [-0.2, -0.15) is 0 Å².